The van der Waals surface area contributed by atoms with Crippen molar-refractivity contribution in [2.75, 3.05) is 13.2 Å². The summed E-state index contributed by atoms with van der Waals surface area (Å²) in [4.78, 5) is 0. The van der Waals surface area contributed by atoms with Gasteiger partial charge in [0.05, 0.1) is 6.10 Å². The molecule has 2 saturated heterocycles. The van der Waals surface area contributed by atoms with Crippen LogP contribution in [0, 0.1) is 0 Å². The zero-order valence-corrected chi connectivity index (χ0v) is 8.64. The molecule has 2 nitrogen and oxygen atoms in total. The van der Waals surface area contributed by atoms with Crippen LogP contribution in [0.2, 0.25) is 0 Å². The van der Waals surface area contributed by atoms with Crippen LogP contribution in [0.4, 0.5) is 0 Å². The number of ether oxygens (including phenoxy) is 1. The molecule has 1 N–H and O–H groups in total. The predicted molar refractivity (Wildman–Crippen MR) is 53.8 cm³/mol. The largest absolute Gasteiger partial charge is 0.376 e. The molecule has 2 unspecified atom stereocenters. The Bertz CT molecular complexity index is 157. The first-order valence-corrected chi connectivity index (χ1v) is 5.74. The Kier molecular flexibility index (Phi) is 2.89. The minimum absolute atomic E-state index is 0.328. The minimum atomic E-state index is 0.328. The fourth-order valence-electron chi connectivity index (χ4n) is 2.81. The predicted octanol–water partition coefficient (Wildman–Crippen LogP) is 2.09. The summed E-state index contributed by atoms with van der Waals surface area (Å²) in [6.07, 6.45) is 8.27. The molecule has 2 rings (SSSR count). The summed E-state index contributed by atoms with van der Waals surface area (Å²) < 4.78 is 5.82. The molecule has 0 aliphatic carbocycles. The summed E-state index contributed by atoms with van der Waals surface area (Å²) in [7, 11) is 0. The highest BCUT2D eigenvalue weighted by molar-refractivity contribution is 4.98. The highest BCUT2D eigenvalue weighted by Gasteiger charge is 2.40. The third-order valence-electron chi connectivity index (χ3n) is 3.70. The molecule has 0 amide bonds. The van der Waals surface area contributed by atoms with Gasteiger partial charge in [0, 0.05) is 12.1 Å². The lowest BCUT2D eigenvalue weighted by Crippen LogP contribution is -2.56. The summed E-state index contributed by atoms with van der Waals surface area (Å²) in [6.45, 7) is 4.46. The van der Waals surface area contributed by atoms with Gasteiger partial charge in [0.1, 0.15) is 0 Å². The van der Waals surface area contributed by atoms with Gasteiger partial charge in [0.2, 0.25) is 0 Å². The van der Waals surface area contributed by atoms with E-state index in [1.807, 2.05) is 0 Å². The van der Waals surface area contributed by atoms with Gasteiger partial charge >= 0.3 is 0 Å². The molecular formula is C11H21NO. The van der Waals surface area contributed by atoms with E-state index in [1.54, 1.807) is 0 Å². The SMILES string of the molecule is CCC1(C2CCCO2)CCCCN1. The maximum Gasteiger partial charge on any atom is 0.0757 e. The van der Waals surface area contributed by atoms with Gasteiger partial charge in [0.15, 0.2) is 0 Å². The van der Waals surface area contributed by atoms with Gasteiger partial charge in [-0.15, -0.1) is 0 Å². The highest BCUT2D eigenvalue weighted by atomic mass is 16.5. The standard InChI is InChI=1S/C11H21NO/c1-2-11(7-3-4-8-12-11)10-6-5-9-13-10/h10,12H,2-9H2,1H3. The molecule has 2 fully saturated rings. The summed E-state index contributed by atoms with van der Waals surface area (Å²) in [5.41, 5.74) is 0.328. The van der Waals surface area contributed by atoms with Crippen LogP contribution in [0.15, 0.2) is 0 Å². The molecule has 0 aromatic heterocycles. The Balaban J connectivity index is 2.03. The van der Waals surface area contributed by atoms with Crippen molar-refractivity contribution in [1.29, 1.82) is 0 Å². The lowest BCUT2D eigenvalue weighted by molar-refractivity contribution is 0.0117. The van der Waals surface area contributed by atoms with E-state index < -0.39 is 0 Å². The first kappa shape index (κ1) is 9.47. The second-order valence-corrected chi connectivity index (χ2v) is 4.40. The third kappa shape index (κ3) is 1.75. The third-order valence-corrected chi connectivity index (χ3v) is 3.70. The molecule has 0 bridgehead atoms. The Morgan fingerprint density at radius 1 is 1.38 bits per heavy atom. The first-order valence-electron chi connectivity index (χ1n) is 5.74. The average molecular weight is 183 g/mol. The Morgan fingerprint density at radius 3 is 2.85 bits per heavy atom. The topological polar surface area (TPSA) is 21.3 Å². The van der Waals surface area contributed by atoms with E-state index in [4.69, 9.17) is 4.74 Å². The van der Waals surface area contributed by atoms with E-state index >= 15 is 0 Å². The van der Waals surface area contributed by atoms with E-state index in [9.17, 15) is 0 Å². The Morgan fingerprint density at radius 2 is 2.31 bits per heavy atom. The summed E-state index contributed by atoms with van der Waals surface area (Å²) >= 11 is 0. The van der Waals surface area contributed by atoms with Crippen LogP contribution in [0.1, 0.15) is 45.4 Å². The van der Waals surface area contributed by atoms with Crippen molar-refractivity contribution in [3.8, 4) is 0 Å². The van der Waals surface area contributed by atoms with Crippen molar-refractivity contribution in [1.82, 2.24) is 5.32 Å². The average Bonchev–Trinajstić information content (AvgIpc) is 2.72. The molecule has 2 heterocycles. The molecule has 0 radical (unpaired) electrons. The van der Waals surface area contributed by atoms with Crippen molar-refractivity contribution in [2.45, 2.75) is 57.1 Å². The number of hydrogen-bond acceptors (Lipinski definition) is 2. The zero-order valence-electron chi connectivity index (χ0n) is 8.64. The fourth-order valence-corrected chi connectivity index (χ4v) is 2.81. The van der Waals surface area contributed by atoms with E-state index in [0.29, 0.717) is 11.6 Å². The lowest BCUT2D eigenvalue weighted by atomic mass is 9.80. The highest BCUT2D eigenvalue weighted by Crippen LogP contribution is 2.33. The molecule has 2 aliphatic rings. The van der Waals surface area contributed by atoms with Gasteiger partial charge in [-0.25, -0.2) is 0 Å². The number of rotatable bonds is 2. The molecule has 0 aromatic rings. The van der Waals surface area contributed by atoms with Crippen LogP contribution in [0.25, 0.3) is 0 Å². The van der Waals surface area contributed by atoms with Crippen LogP contribution in [-0.2, 0) is 4.74 Å². The van der Waals surface area contributed by atoms with Crippen molar-refractivity contribution < 1.29 is 4.74 Å². The van der Waals surface area contributed by atoms with Gasteiger partial charge in [-0.3, -0.25) is 0 Å². The number of piperidine rings is 1. The molecule has 0 spiro atoms. The lowest BCUT2D eigenvalue weighted by Gasteiger charge is -2.42. The van der Waals surface area contributed by atoms with Crippen LogP contribution in [0.5, 0.6) is 0 Å². The van der Waals surface area contributed by atoms with Gasteiger partial charge in [-0.2, -0.15) is 0 Å². The number of nitrogens with one attached hydrogen (secondary N) is 1. The van der Waals surface area contributed by atoms with Crippen LogP contribution < -0.4 is 5.32 Å². The molecular weight excluding hydrogens is 162 g/mol. The molecule has 13 heavy (non-hydrogen) atoms. The summed E-state index contributed by atoms with van der Waals surface area (Å²) in [5, 5.41) is 3.70. The Labute approximate surface area is 81.0 Å². The maximum atomic E-state index is 5.82. The van der Waals surface area contributed by atoms with E-state index in [-0.39, 0.29) is 0 Å². The molecule has 76 valence electrons. The molecule has 0 aromatic carbocycles. The second kappa shape index (κ2) is 3.97. The molecule has 2 aliphatic heterocycles. The quantitative estimate of drug-likeness (QED) is 0.707. The summed E-state index contributed by atoms with van der Waals surface area (Å²) in [5.74, 6) is 0. The van der Waals surface area contributed by atoms with E-state index in [1.165, 1.54) is 45.1 Å². The van der Waals surface area contributed by atoms with Gasteiger partial charge in [-0.1, -0.05) is 13.3 Å². The molecule has 2 heteroatoms. The van der Waals surface area contributed by atoms with Crippen LogP contribution in [-0.4, -0.2) is 24.8 Å². The van der Waals surface area contributed by atoms with Crippen molar-refractivity contribution >= 4 is 0 Å². The second-order valence-electron chi connectivity index (χ2n) is 4.40. The molecule has 2 atom stereocenters. The van der Waals surface area contributed by atoms with Gasteiger partial charge in [-0.05, 0) is 38.6 Å². The van der Waals surface area contributed by atoms with Gasteiger partial charge in [0.25, 0.3) is 0 Å². The zero-order chi connectivity index (χ0) is 9.15. The fraction of sp³-hybridized carbons (Fsp3) is 1.00. The van der Waals surface area contributed by atoms with E-state index in [2.05, 4.69) is 12.2 Å². The summed E-state index contributed by atoms with van der Waals surface area (Å²) in [6, 6.07) is 0. The van der Waals surface area contributed by atoms with Gasteiger partial charge < -0.3 is 10.1 Å². The maximum absolute atomic E-state index is 5.82. The normalized spacial score (nSPS) is 40.8. The Hall–Kier alpha value is -0.0800. The van der Waals surface area contributed by atoms with Crippen LogP contribution >= 0.6 is 0 Å². The monoisotopic (exact) mass is 183 g/mol. The molecule has 0 saturated carbocycles. The minimum Gasteiger partial charge on any atom is -0.376 e. The van der Waals surface area contributed by atoms with E-state index in [0.717, 1.165) is 6.61 Å². The van der Waals surface area contributed by atoms with Crippen molar-refractivity contribution in [2.24, 2.45) is 0 Å². The van der Waals surface area contributed by atoms with Crippen molar-refractivity contribution in [3.63, 3.8) is 0 Å². The number of hydrogen-bond donors (Lipinski definition) is 1. The smallest absolute Gasteiger partial charge is 0.0757 e. The van der Waals surface area contributed by atoms with Crippen LogP contribution in [0.3, 0.4) is 0 Å². The first-order chi connectivity index (χ1) is 6.37. The van der Waals surface area contributed by atoms with Crippen molar-refractivity contribution in [3.05, 3.63) is 0 Å².